The summed E-state index contributed by atoms with van der Waals surface area (Å²) < 4.78 is 6.90. The van der Waals surface area contributed by atoms with Crippen LogP contribution in [0.2, 0.25) is 0 Å². The van der Waals surface area contributed by atoms with E-state index >= 15 is 0 Å². The summed E-state index contributed by atoms with van der Waals surface area (Å²) in [4.78, 5) is 4.61. The van der Waals surface area contributed by atoms with Crippen LogP contribution in [0.5, 0.6) is 5.75 Å². The molecule has 3 aromatic rings. The summed E-state index contributed by atoms with van der Waals surface area (Å²) in [5, 5.41) is 9.89. The van der Waals surface area contributed by atoms with Gasteiger partial charge in [-0.15, -0.1) is 11.3 Å². The van der Waals surface area contributed by atoms with Gasteiger partial charge in [-0.1, -0.05) is 12.1 Å². The number of thiazole rings is 1. The second kappa shape index (κ2) is 7.30. The first-order chi connectivity index (χ1) is 10.8. The Bertz CT molecular complexity index is 757. The molecule has 0 unspecified atom stereocenters. The molecule has 5 heteroatoms. The monoisotopic (exact) mass is 326 g/mol. The Morgan fingerprint density at radius 3 is 2.73 bits per heavy atom. The summed E-state index contributed by atoms with van der Waals surface area (Å²) in [6, 6.07) is 17.5. The number of fused-ring (bicyclic) bond motifs is 1. The van der Waals surface area contributed by atoms with Crippen LogP contribution in [-0.4, -0.2) is 17.3 Å². The zero-order chi connectivity index (χ0) is 15.2. The molecule has 0 saturated carbocycles. The summed E-state index contributed by atoms with van der Waals surface area (Å²) in [6.07, 6.45) is 0. The van der Waals surface area contributed by atoms with Gasteiger partial charge in [-0.3, -0.25) is 0 Å². The number of ether oxygens (including phenoxy) is 1. The number of para-hydroxylation sites is 1. The third kappa shape index (κ3) is 3.79. The van der Waals surface area contributed by atoms with Crippen molar-refractivity contribution >= 4 is 33.3 Å². The van der Waals surface area contributed by atoms with Gasteiger partial charge < -0.3 is 4.74 Å². The lowest BCUT2D eigenvalue weighted by Gasteiger charge is -2.05. The van der Waals surface area contributed by atoms with Gasteiger partial charge in [0.1, 0.15) is 10.8 Å². The van der Waals surface area contributed by atoms with Crippen molar-refractivity contribution in [3.05, 3.63) is 59.1 Å². The maximum atomic E-state index is 8.74. The Morgan fingerprint density at radius 1 is 1.14 bits per heavy atom. The molecular formula is C17H14N2OS2. The standard InChI is InChI=1S/C17H14N2OS2/c18-11-13-5-7-14(8-6-13)20-9-10-21-12-17-19-15-3-1-2-4-16(15)22-17/h1-8H,9-10,12H2. The summed E-state index contributed by atoms with van der Waals surface area (Å²) in [6.45, 7) is 0.654. The fraction of sp³-hybridized carbons (Fsp3) is 0.176. The molecule has 1 heterocycles. The average molecular weight is 326 g/mol. The normalized spacial score (nSPS) is 10.5. The third-order valence-electron chi connectivity index (χ3n) is 3.04. The Kier molecular flexibility index (Phi) is 4.94. The lowest BCUT2D eigenvalue weighted by molar-refractivity contribution is 0.344. The van der Waals surface area contributed by atoms with Crippen LogP contribution in [0, 0.1) is 11.3 Å². The van der Waals surface area contributed by atoms with E-state index in [9.17, 15) is 0 Å². The fourth-order valence-corrected chi connectivity index (χ4v) is 3.82. The molecule has 0 radical (unpaired) electrons. The van der Waals surface area contributed by atoms with Crippen LogP contribution in [0.15, 0.2) is 48.5 Å². The van der Waals surface area contributed by atoms with Crippen molar-refractivity contribution in [2.45, 2.75) is 5.75 Å². The zero-order valence-electron chi connectivity index (χ0n) is 11.9. The number of rotatable bonds is 6. The van der Waals surface area contributed by atoms with Crippen LogP contribution in [-0.2, 0) is 5.75 Å². The molecule has 0 aliphatic carbocycles. The maximum absolute atomic E-state index is 8.74. The second-order valence-electron chi connectivity index (χ2n) is 4.61. The Balaban J connectivity index is 1.42. The van der Waals surface area contributed by atoms with Gasteiger partial charge in [-0.2, -0.15) is 17.0 Å². The Labute approximate surface area is 137 Å². The van der Waals surface area contributed by atoms with E-state index in [2.05, 4.69) is 17.1 Å². The van der Waals surface area contributed by atoms with Gasteiger partial charge in [-0.05, 0) is 36.4 Å². The van der Waals surface area contributed by atoms with Crippen molar-refractivity contribution in [1.82, 2.24) is 4.98 Å². The van der Waals surface area contributed by atoms with E-state index in [0.29, 0.717) is 12.2 Å². The minimum absolute atomic E-state index is 0.651. The first-order valence-corrected chi connectivity index (χ1v) is 8.87. The van der Waals surface area contributed by atoms with Crippen LogP contribution in [0.1, 0.15) is 10.6 Å². The number of hydrogen-bond acceptors (Lipinski definition) is 5. The lowest BCUT2D eigenvalue weighted by Crippen LogP contribution is -2.00. The molecule has 2 aromatic carbocycles. The summed E-state index contributed by atoms with van der Waals surface area (Å²) in [7, 11) is 0. The highest BCUT2D eigenvalue weighted by Crippen LogP contribution is 2.24. The molecule has 110 valence electrons. The summed E-state index contributed by atoms with van der Waals surface area (Å²) in [5.74, 6) is 2.63. The second-order valence-corrected chi connectivity index (χ2v) is 6.83. The molecular weight excluding hydrogens is 312 g/mol. The van der Waals surface area contributed by atoms with Crippen molar-refractivity contribution in [2.75, 3.05) is 12.4 Å². The fourth-order valence-electron chi connectivity index (χ4n) is 1.99. The smallest absolute Gasteiger partial charge is 0.119 e. The Hall–Kier alpha value is -2.03. The van der Waals surface area contributed by atoms with E-state index < -0.39 is 0 Å². The average Bonchev–Trinajstić information content (AvgIpc) is 2.98. The molecule has 3 nitrogen and oxygen atoms in total. The van der Waals surface area contributed by atoms with Gasteiger partial charge in [0.25, 0.3) is 0 Å². The van der Waals surface area contributed by atoms with Crippen LogP contribution in [0.3, 0.4) is 0 Å². The highest BCUT2D eigenvalue weighted by atomic mass is 32.2. The van der Waals surface area contributed by atoms with E-state index in [0.717, 1.165) is 27.8 Å². The minimum Gasteiger partial charge on any atom is -0.493 e. The number of thioether (sulfide) groups is 1. The van der Waals surface area contributed by atoms with Gasteiger partial charge in [0.05, 0.1) is 28.5 Å². The van der Waals surface area contributed by atoms with E-state index in [1.807, 2.05) is 42.1 Å². The largest absolute Gasteiger partial charge is 0.493 e. The first kappa shape index (κ1) is 14.9. The molecule has 0 atom stereocenters. The number of nitriles is 1. The van der Waals surface area contributed by atoms with E-state index in [1.165, 1.54) is 4.70 Å². The molecule has 0 aliphatic heterocycles. The van der Waals surface area contributed by atoms with Crippen LogP contribution in [0.25, 0.3) is 10.2 Å². The van der Waals surface area contributed by atoms with Crippen molar-refractivity contribution in [2.24, 2.45) is 0 Å². The molecule has 3 rings (SSSR count). The number of nitrogens with zero attached hydrogens (tertiary/aromatic N) is 2. The first-order valence-electron chi connectivity index (χ1n) is 6.90. The van der Waals surface area contributed by atoms with Gasteiger partial charge in [0.2, 0.25) is 0 Å². The predicted molar refractivity (Wildman–Crippen MR) is 92.4 cm³/mol. The van der Waals surface area contributed by atoms with Gasteiger partial charge in [0, 0.05) is 11.5 Å². The van der Waals surface area contributed by atoms with Gasteiger partial charge in [0.15, 0.2) is 0 Å². The zero-order valence-corrected chi connectivity index (χ0v) is 13.5. The molecule has 0 fully saturated rings. The minimum atomic E-state index is 0.651. The molecule has 0 bridgehead atoms. The van der Waals surface area contributed by atoms with Crippen molar-refractivity contribution < 1.29 is 4.74 Å². The van der Waals surface area contributed by atoms with Gasteiger partial charge >= 0.3 is 0 Å². The third-order valence-corrected chi connectivity index (χ3v) is 5.20. The predicted octanol–water partition coefficient (Wildman–Crippen LogP) is 4.48. The lowest BCUT2D eigenvalue weighted by atomic mass is 10.2. The maximum Gasteiger partial charge on any atom is 0.119 e. The topological polar surface area (TPSA) is 45.9 Å². The van der Waals surface area contributed by atoms with Gasteiger partial charge in [-0.25, -0.2) is 4.98 Å². The SMILES string of the molecule is N#Cc1ccc(OCCSCc2nc3ccccc3s2)cc1. The molecule has 1 aromatic heterocycles. The van der Waals surface area contributed by atoms with E-state index in [-0.39, 0.29) is 0 Å². The number of hydrogen-bond donors (Lipinski definition) is 0. The Morgan fingerprint density at radius 2 is 1.95 bits per heavy atom. The number of aromatic nitrogens is 1. The molecule has 0 aliphatic rings. The van der Waals surface area contributed by atoms with E-state index in [4.69, 9.17) is 10.00 Å². The highest BCUT2D eigenvalue weighted by Gasteiger charge is 2.03. The van der Waals surface area contributed by atoms with Crippen molar-refractivity contribution in [3.63, 3.8) is 0 Å². The van der Waals surface area contributed by atoms with Crippen molar-refractivity contribution in [3.8, 4) is 11.8 Å². The van der Waals surface area contributed by atoms with Crippen LogP contribution < -0.4 is 4.74 Å². The van der Waals surface area contributed by atoms with E-state index in [1.54, 1.807) is 23.5 Å². The molecule has 0 N–H and O–H groups in total. The molecule has 0 saturated heterocycles. The quantitative estimate of drug-likeness (QED) is 0.627. The highest BCUT2D eigenvalue weighted by molar-refractivity contribution is 7.98. The van der Waals surface area contributed by atoms with Crippen LogP contribution in [0.4, 0.5) is 0 Å². The molecule has 0 spiro atoms. The summed E-state index contributed by atoms with van der Waals surface area (Å²) >= 11 is 3.57. The number of benzene rings is 2. The van der Waals surface area contributed by atoms with Crippen LogP contribution >= 0.6 is 23.1 Å². The molecule has 0 amide bonds. The summed E-state index contributed by atoms with van der Waals surface area (Å²) in [5.41, 5.74) is 1.73. The molecule has 22 heavy (non-hydrogen) atoms. The van der Waals surface area contributed by atoms with Crippen molar-refractivity contribution in [1.29, 1.82) is 5.26 Å².